The molecular weight excluding hydrogens is 1020 g/mol. The highest BCUT2D eigenvalue weighted by molar-refractivity contribution is 5.94. The van der Waals surface area contributed by atoms with Crippen LogP contribution in [0.5, 0.6) is 0 Å². The van der Waals surface area contributed by atoms with Crippen molar-refractivity contribution in [3.63, 3.8) is 0 Å². The van der Waals surface area contributed by atoms with Crippen molar-refractivity contribution in [3.05, 3.63) is 45.2 Å². The van der Waals surface area contributed by atoms with Crippen LogP contribution in [0.3, 0.4) is 0 Å². The number of rotatable bonds is 16. The molecule has 1 amide bonds. The van der Waals surface area contributed by atoms with E-state index in [9.17, 15) is 49.9 Å². The molecule has 23 heteroatoms. The zero-order valence-corrected chi connectivity index (χ0v) is 47.5. The van der Waals surface area contributed by atoms with Gasteiger partial charge in [-0.25, -0.2) is 9.59 Å². The fraction of sp³-hybridized carbons (Fsp3) is 0.764. The minimum atomic E-state index is -2.04. The number of alkyl carbamates (subject to hydrolysis) is 1. The van der Waals surface area contributed by atoms with E-state index in [-0.39, 0.29) is 62.6 Å². The van der Waals surface area contributed by atoms with Crippen LogP contribution in [0.15, 0.2) is 28.3 Å². The van der Waals surface area contributed by atoms with Crippen LogP contribution < -0.4 is 10.7 Å². The second-order valence-electron chi connectivity index (χ2n) is 22.9. The number of benzene rings is 1. The molecular formula is C55H86N4O19. The summed E-state index contributed by atoms with van der Waals surface area (Å²) in [7, 11) is 5.13. The van der Waals surface area contributed by atoms with E-state index in [0.717, 1.165) is 11.1 Å². The first-order valence-corrected chi connectivity index (χ1v) is 27.2. The quantitative estimate of drug-likeness (QED) is 0.0542. The standard InChI is InChI=1S/C55H86N4O19/c1-14-39-55(10,68)46(62)30(4)41(57-69)28(2)23-53(8,67)47(77-51-44(61)38(58(11)12)20-29(3)73-51)31(5)45(32(6)50(65)75-39)76-40-24-54(9,70-13)48(33(7)74-40)78-52(66)56-17-19-71-18-15-16-34-21-35-26-72-27-59-25-37(49(63)64)43(60)36(22-34)42(35)59/h21-22,25,28-33,38-40,44-48,51,61-62,67-69H,14-20,23-24,26-27H2,1-13H3,(H,56,66)(H,63,64)/b57-41+/t28-,29+,30+,31+,32-,33+,38-,39-,40+,44+,45+,46-,47-,48+,51-,53-,54-,55-/m1/s1. The molecule has 6 rings (SSSR count). The maximum atomic E-state index is 14.5. The summed E-state index contributed by atoms with van der Waals surface area (Å²) >= 11 is 0. The Morgan fingerprint density at radius 2 is 1.67 bits per heavy atom. The molecule has 2 aromatic rings. The summed E-state index contributed by atoms with van der Waals surface area (Å²) in [6.07, 6.45) is -8.98. The largest absolute Gasteiger partial charge is 0.477 e. The number of hydrogen-bond donors (Lipinski definition) is 7. The van der Waals surface area contributed by atoms with Gasteiger partial charge in [0.2, 0.25) is 5.43 Å². The fourth-order valence-electron chi connectivity index (χ4n) is 12.1. The molecule has 0 aliphatic carbocycles. The van der Waals surface area contributed by atoms with Crippen molar-refractivity contribution < 1.29 is 87.8 Å². The lowest BCUT2D eigenvalue weighted by Crippen LogP contribution is -2.61. The first kappa shape index (κ1) is 62.8. The normalized spacial score (nSPS) is 37.7. The number of nitrogens with zero attached hydrogens (tertiary/aromatic N) is 3. The number of carboxylic acid groups (broad SMARTS) is 1. The maximum absolute atomic E-state index is 14.5. The summed E-state index contributed by atoms with van der Waals surface area (Å²) in [5.74, 6) is -5.93. The van der Waals surface area contributed by atoms with Crippen LogP contribution >= 0.6 is 0 Å². The summed E-state index contributed by atoms with van der Waals surface area (Å²) < 4.78 is 57.4. The molecule has 0 saturated carbocycles. The smallest absolute Gasteiger partial charge is 0.407 e. The second-order valence-corrected chi connectivity index (χ2v) is 22.9. The van der Waals surface area contributed by atoms with Gasteiger partial charge in [0.15, 0.2) is 18.7 Å². The highest BCUT2D eigenvalue weighted by Gasteiger charge is 2.54. The zero-order chi connectivity index (χ0) is 57.8. The number of methoxy groups -OCH3 is 1. The number of amides is 1. The monoisotopic (exact) mass is 1110 g/mol. The molecule has 1 aromatic carbocycles. The van der Waals surface area contributed by atoms with Crippen LogP contribution in [-0.2, 0) is 67.2 Å². The molecule has 0 radical (unpaired) electrons. The Morgan fingerprint density at radius 1 is 0.962 bits per heavy atom. The number of aliphatic hydroxyl groups is 4. The van der Waals surface area contributed by atoms with Crippen LogP contribution in [0.2, 0.25) is 0 Å². The molecule has 23 nitrogen and oxygen atoms in total. The van der Waals surface area contributed by atoms with Crippen molar-refractivity contribution in [2.24, 2.45) is 28.8 Å². The first-order chi connectivity index (χ1) is 36.6. The van der Waals surface area contributed by atoms with E-state index in [1.54, 1.807) is 59.1 Å². The van der Waals surface area contributed by atoms with E-state index in [0.29, 0.717) is 43.4 Å². The van der Waals surface area contributed by atoms with Gasteiger partial charge in [-0.2, -0.15) is 0 Å². The van der Waals surface area contributed by atoms with Gasteiger partial charge in [-0.05, 0) is 99.4 Å². The van der Waals surface area contributed by atoms with E-state index in [4.69, 9.17) is 42.6 Å². The number of aromatic nitrogens is 1. The number of hydrogen-bond acceptors (Lipinski definition) is 20. The third-order valence-corrected chi connectivity index (χ3v) is 16.5. The third kappa shape index (κ3) is 13.8. The topological polar surface area (TPSA) is 305 Å². The second kappa shape index (κ2) is 26.0. The predicted octanol–water partition coefficient (Wildman–Crippen LogP) is 3.93. The van der Waals surface area contributed by atoms with E-state index in [1.165, 1.54) is 27.2 Å². The van der Waals surface area contributed by atoms with Gasteiger partial charge in [-0.15, -0.1) is 0 Å². The predicted molar refractivity (Wildman–Crippen MR) is 282 cm³/mol. The van der Waals surface area contributed by atoms with Crippen LogP contribution in [0, 0.1) is 23.7 Å². The van der Waals surface area contributed by atoms with Crippen molar-refractivity contribution in [1.29, 1.82) is 0 Å². The van der Waals surface area contributed by atoms with Crippen molar-refractivity contribution in [2.45, 2.75) is 205 Å². The molecule has 5 heterocycles. The van der Waals surface area contributed by atoms with Crippen LogP contribution in [0.4, 0.5) is 4.79 Å². The highest BCUT2D eigenvalue weighted by Crippen LogP contribution is 2.42. The van der Waals surface area contributed by atoms with Gasteiger partial charge in [-0.3, -0.25) is 9.59 Å². The summed E-state index contributed by atoms with van der Waals surface area (Å²) in [6, 6.07) is 3.28. The Morgan fingerprint density at radius 3 is 2.31 bits per heavy atom. The molecule has 18 atom stereocenters. The summed E-state index contributed by atoms with van der Waals surface area (Å²) in [4.78, 5) is 54.6. The number of aryl methyl sites for hydroxylation is 1. The van der Waals surface area contributed by atoms with Crippen molar-refractivity contribution in [2.75, 3.05) is 41.0 Å². The molecule has 0 unspecified atom stereocenters. The molecule has 440 valence electrons. The molecule has 78 heavy (non-hydrogen) atoms. The Kier molecular flexibility index (Phi) is 21.0. The number of carbonyl (C=O) groups is 3. The number of ether oxygens (including phenoxy) is 9. The number of aliphatic hydroxyl groups excluding tert-OH is 2. The minimum Gasteiger partial charge on any atom is -0.477 e. The molecule has 0 spiro atoms. The van der Waals surface area contributed by atoms with Gasteiger partial charge < -0.3 is 88.2 Å². The number of carboxylic acids is 1. The zero-order valence-electron chi connectivity index (χ0n) is 47.5. The molecule has 3 fully saturated rings. The van der Waals surface area contributed by atoms with Gasteiger partial charge in [0.05, 0.1) is 66.5 Å². The lowest BCUT2D eigenvalue weighted by Gasteiger charge is -2.49. The number of carbonyl (C=O) groups excluding carboxylic acids is 2. The van der Waals surface area contributed by atoms with Crippen LogP contribution in [0.1, 0.15) is 123 Å². The number of oxime groups is 1. The van der Waals surface area contributed by atoms with Crippen molar-refractivity contribution in [1.82, 2.24) is 14.8 Å². The van der Waals surface area contributed by atoms with Gasteiger partial charge in [0, 0.05) is 67.6 Å². The average Bonchev–Trinajstić information content (AvgIpc) is 3.38. The van der Waals surface area contributed by atoms with E-state index < -0.39 is 119 Å². The van der Waals surface area contributed by atoms with E-state index >= 15 is 0 Å². The van der Waals surface area contributed by atoms with Gasteiger partial charge in [0.1, 0.15) is 35.7 Å². The molecule has 4 aliphatic rings. The Balaban J connectivity index is 1.16. The number of esters is 1. The SMILES string of the molecule is CC[C@H]1OC(=O)[C@H](C)[C@@H](O[C@H]2C[C@@](C)(OC)[C@@H](OC(=O)NCCOCCCc3cc4c5c(c3)c(=O)c(C(=O)O)cn5COC4)[C@H](C)O2)[C@H](C)[C@@H](O[C@H]2O[C@@H](C)C[C@@H](N(C)C)[C@@H]2O)[C@](C)(O)C[C@@H](C)/C(=N\O)[C@H](C)[C@@H](O)[C@]1(C)O. The average molecular weight is 1110 g/mol. The summed E-state index contributed by atoms with van der Waals surface area (Å²) in [5.41, 5.74) is -3.63. The van der Waals surface area contributed by atoms with Crippen molar-refractivity contribution in [3.8, 4) is 0 Å². The molecule has 7 N–H and O–H groups in total. The van der Waals surface area contributed by atoms with Gasteiger partial charge in [-0.1, -0.05) is 38.9 Å². The summed E-state index contributed by atoms with van der Waals surface area (Å²) in [6.45, 7) is 17.4. The molecule has 0 bridgehead atoms. The minimum absolute atomic E-state index is 0.0272. The Bertz CT molecular complexity index is 2490. The number of cyclic esters (lactones) is 1. The molecule has 4 aliphatic heterocycles. The lowest BCUT2D eigenvalue weighted by atomic mass is 9.73. The molecule has 1 aromatic heterocycles. The first-order valence-electron chi connectivity index (χ1n) is 27.2. The van der Waals surface area contributed by atoms with Gasteiger partial charge in [0.25, 0.3) is 0 Å². The third-order valence-electron chi connectivity index (χ3n) is 16.5. The van der Waals surface area contributed by atoms with Gasteiger partial charge >= 0.3 is 18.0 Å². The number of aromatic carboxylic acids is 1. The van der Waals surface area contributed by atoms with Crippen molar-refractivity contribution >= 4 is 34.6 Å². The molecule has 3 saturated heterocycles. The van der Waals surface area contributed by atoms with Crippen LogP contribution in [0.25, 0.3) is 10.9 Å². The number of likely N-dealkylation sites (N-methyl/N-ethyl adjacent to an activating group) is 1. The highest BCUT2D eigenvalue weighted by atomic mass is 16.7. The Labute approximate surface area is 456 Å². The van der Waals surface area contributed by atoms with E-state index in [1.807, 2.05) is 32.0 Å². The fourth-order valence-corrected chi connectivity index (χ4v) is 12.1. The van der Waals surface area contributed by atoms with Crippen LogP contribution in [-0.4, -0.2) is 189 Å². The summed E-state index contributed by atoms with van der Waals surface area (Å²) in [5, 5.41) is 74.6. The number of pyridine rings is 1. The number of nitrogens with one attached hydrogen (secondary N) is 1. The van der Waals surface area contributed by atoms with E-state index in [2.05, 4.69) is 10.5 Å². The Hall–Kier alpha value is -4.37. The maximum Gasteiger partial charge on any atom is 0.407 e. The lowest BCUT2D eigenvalue weighted by molar-refractivity contribution is -0.317.